The van der Waals surface area contributed by atoms with Crippen LogP contribution in [0.25, 0.3) is 82.5 Å². The van der Waals surface area contributed by atoms with Crippen molar-refractivity contribution >= 4 is 54.4 Å². The number of hydrogen-bond acceptors (Lipinski definition) is 4. The average molecular weight is 956 g/mol. The molecule has 0 saturated heterocycles. The Hall–Kier alpha value is -5.65. The first kappa shape index (κ1) is 32.3. The molecule has 0 bridgehead atoms. The smallest absolute Gasteiger partial charge is 0.135 e. The van der Waals surface area contributed by atoms with E-state index in [-0.39, 0.29) is 31.2 Å². The molecule has 0 spiro atoms. The summed E-state index contributed by atoms with van der Waals surface area (Å²) in [5.74, 6) is 1.67. The molecular formula is C52H43IrN3OS-2. The van der Waals surface area contributed by atoms with Gasteiger partial charge in [0.25, 0.3) is 0 Å². The monoisotopic (exact) mass is 956 g/mol. The zero-order valence-electron chi connectivity index (χ0n) is 38.4. The molecule has 0 aliphatic heterocycles. The summed E-state index contributed by atoms with van der Waals surface area (Å²) < 4.78 is 53.3. The summed E-state index contributed by atoms with van der Waals surface area (Å²) in [7, 11) is 0. The Morgan fingerprint density at radius 2 is 1.40 bits per heavy atom. The quantitative estimate of drug-likeness (QED) is 0.156. The molecule has 289 valence electrons. The molecule has 0 N–H and O–H groups in total. The summed E-state index contributed by atoms with van der Waals surface area (Å²) >= 11 is 1.66. The third-order valence-electron chi connectivity index (χ3n) is 10.4. The summed E-state index contributed by atoms with van der Waals surface area (Å²) in [6, 6.07) is 47.2. The second-order valence-corrected chi connectivity index (χ2v) is 15.7. The molecule has 0 saturated carbocycles. The van der Waals surface area contributed by atoms with Crippen LogP contribution < -0.4 is 0 Å². The molecule has 4 heterocycles. The van der Waals surface area contributed by atoms with Gasteiger partial charge in [0.2, 0.25) is 0 Å². The van der Waals surface area contributed by atoms with Gasteiger partial charge in [-0.25, -0.2) is 0 Å². The minimum absolute atomic E-state index is 0. The van der Waals surface area contributed by atoms with Crippen molar-refractivity contribution in [1.29, 1.82) is 0 Å². The Bertz CT molecular complexity index is 3190. The molecule has 4 nitrogen and oxygen atoms in total. The summed E-state index contributed by atoms with van der Waals surface area (Å²) in [6.45, 7) is 4.77. The SMILES string of the molecule is CC(C)c1cccc(C(C)C)c1-n1c(-c2[c-]sc3ccc(-c4ccc5oc6ccccc6c5c4)cc23)nc2ccccc21.[2H]C([2H])([2H])c1c[c-]c(-c2ccc(C([2H])([2H])[2H])cn2)cc1.[Ir]. The number of aromatic nitrogens is 3. The molecule has 0 fully saturated rings. The molecule has 6 heteroatoms. The van der Waals surface area contributed by atoms with Gasteiger partial charge in [-0.3, -0.25) is 16.3 Å². The van der Waals surface area contributed by atoms with Gasteiger partial charge in [-0.1, -0.05) is 135 Å². The molecule has 0 aliphatic carbocycles. The Morgan fingerprint density at radius 3 is 2.12 bits per heavy atom. The first-order chi connectivity index (χ1) is 30.2. The van der Waals surface area contributed by atoms with Crippen LogP contribution in [0, 0.1) is 25.2 Å². The maximum absolute atomic E-state index is 7.28. The van der Waals surface area contributed by atoms with Gasteiger partial charge in [0.15, 0.2) is 0 Å². The van der Waals surface area contributed by atoms with E-state index in [9.17, 15) is 0 Å². The van der Waals surface area contributed by atoms with Gasteiger partial charge >= 0.3 is 0 Å². The van der Waals surface area contributed by atoms with Crippen LogP contribution in [0.4, 0.5) is 0 Å². The summed E-state index contributed by atoms with van der Waals surface area (Å²) in [5, 5.41) is 7.12. The molecule has 0 unspecified atom stereocenters. The number of para-hydroxylation sites is 4. The fourth-order valence-electron chi connectivity index (χ4n) is 7.55. The van der Waals surface area contributed by atoms with Crippen molar-refractivity contribution < 1.29 is 32.7 Å². The Kier molecular flexibility index (Phi) is 9.09. The third-order valence-corrected chi connectivity index (χ3v) is 11.3. The van der Waals surface area contributed by atoms with Crippen LogP contribution in [-0.2, 0) is 20.1 Å². The molecule has 6 aromatic carbocycles. The molecule has 58 heavy (non-hydrogen) atoms. The van der Waals surface area contributed by atoms with E-state index in [1.807, 2.05) is 12.1 Å². The van der Waals surface area contributed by atoms with Gasteiger partial charge in [0, 0.05) is 51.0 Å². The number of aryl methyl sites for hydroxylation is 2. The second-order valence-electron chi connectivity index (χ2n) is 14.9. The van der Waals surface area contributed by atoms with Gasteiger partial charge in [-0.05, 0) is 82.5 Å². The fraction of sp³-hybridized carbons (Fsp3) is 0.154. The van der Waals surface area contributed by atoms with Crippen LogP contribution in [0.2, 0.25) is 0 Å². The topological polar surface area (TPSA) is 43.9 Å². The molecule has 10 aromatic rings. The predicted molar refractivity (Wildman–Crippen MR) is 240 cm³/mol. The number of furan rings is 1. The first-order valence-corrected chi connectivity index (χ1v) is 19.9. The summed E-state index contributed by atoms with van der Waals surface area (Å²) in [4.78, 5) is 9.35. The van der Waals surface area contributed by atoms with Crippen LogP contribution in [0.1, 0.15) is 70.0 Å². The second kappa shape index (κ2) is 16.3. The Morgan fingerprint density at radius 1 is 0.690 bits per heavy atom. The zero-order chi connectivity index (χ0) is 44.2. The average Bonchev–Trinajstić information content (AvgIpc) is 3.98. The van der Waals surface area contributed by atoms with Crippen LogP contribution in [0.3, 0.4) is 0 Å². The summed E-state index contributed by atoms with van der Waals surface area (Å²) in [6.07, 6.45) is 1.30. The number of pyridine rings is 1. The van der Waals surface area contributed by atoms with Crippen molar-refractivity contribution in [3.8, 4) is 39.5 Å². The largest absolute Gasteiger partial charge is 0.456 e. The van der Waals surface area contributed by atoms with Gasteiger partial charge in [0.1, 0.15) is 11.2 Å². The predicted octanol–water partition coefficient (Wildman–Crippen LogP) is 14.7. The van der Waals surface area contributed by atoms with Gasteiger partial charge in [-0.15, -0.1) is 40.8 Å². The Labute approximate surface area is 366 Å². The van der Waals surface area contributed by atoms with E-state index >= 15 is 0 Å². The van der Waals surface area contributed by atoms with E-state index in [4.69, 9.17) is 17.6 Å². The number of benzene rings is 6. The minimum Gasteiger partial charge on any atom is -0.456 e. The van der Waals surface area contributed by atoms with E-state index in [2.05, 4.69) is 140 Å². The molecule has 0 aliphatic rings. The fourth-order valence-corrected chi connectivity index (χ4v) is 8.37. The van der Waals surface area contributed by atoms with Crippen molar-refractivity contribution in [3.05, 3.63) is 173 Å². The molecule has 4 aromatic heterocycles. The van der Waals surface area contributed by atoms with Crippen LogP contribution in [0.5, 0.6) is 0 Å². The number of nitrogens with zero attached hydrogens (tertiary/aromatic N) is 3. The number of imidazole rings is 1. The molecule has 0 atom stereocenters. The van der Waals surface area contributed by atoms with Gasteiger partial charge in [0.05, 0.1) is 16.9 Å². The first-order valence-electron chi connectivity index (χ1n) is 22.1. The van der Waals surface area contributed by atoms with Gasteiger partial charge in [-0.2, -0.15) is 0 Å². The van der Waals surface area contributed by atoms with Gasteiger partial charge < -0.3 is 14.0 Å². The van der Waals surface area contributed by atoms with Crippen molar-refractivity contribution in [2.24, 2.45) is 0 Å². The Balaban J connectivity index is 0.000000225. The number of rotatable bonds is 6. The molecule has 1 radical (unpaired) electrons. The van der Waals surface area contributed by atoms with Crippen molar-refractivity contribution in [2.45, 2.75) is 53.2 Å². The van der Waals surface area contributed by atoms with Crippen LogP contribution >= 0.6 is 11.3 Å². The van der Waals surface area contributed by atoms with Crippen LogP contribution in [-0.4, -0.2) is 14.5 Å². The molecule has 0 amide bonds. The normalized spacial score (nSPS) is 13.4. The van der Waals surface area contributed by atoms with E-state index in [1.54, 1.807) is 23.5 Å². The molecule has 10 rings (SSSR count). The van der Waals surface area contributed by atoms with E-state index in [1.165, 1.54) is 62.4 Å². The zero-order valence-corrected chi connectivity index (χ0v) is 35.6. The van der Waals surface area contributed by atoms with Crippen LogP contribution in [0.15, 0.2) is 144 Å². The standard InChI is InChI=1S/C39H31N2OS.C13H12N.Ir/c1-23(2)27-11-9-12-28(24(3)4)38(27)41-34-14-7-6-13-33(34)40-39(41)32-22-43-37-19-17-26(21-31(32)37)25-16-18-36-30(20-25)29-10-5-8-15-35(29)42-36;1-10-3-6-12(7-4-10)13-8-5-11(2)9-14-13;/h5-21,23-24H,1-4H3;3-6,8-9H,1-2H3;/q2*-1;/i;1D3,2D3;. The number of hydrogen-bond donors (Lipinski definition) is 0. The van der Waals surface area contributed by atoms with E-state index in [0.29, 0.717) is 23.1 Å². The number of fused-ring (bicyclic) bond motifs is 5. The molecular weight excluding hydrogens is 907 g/mol. The van der Waals surface area contributed by atoms with Crippen molar-refractivity contribution in [2.75, 3.05) is 0 Å². The maximum Gasteiger partial charge on any atom is 0.135 e. The number of thiophene rings is 1. The summed E-state index contributed by atoms with van der Waals surface area (Å²) in [5.41, 5.74) is 12.8. The minimum atomic E-state index is -2.18. The maximum atomic E-state index is 7.28. The van der Waals surface area contributed by atoms with Crippen molar-refractivity contribution in [3.63, 3.8) is 0 Å². The van der Waals surface area contributed by atoms with E-state index in [0.717, 1.165) is 44.4 Å². The van der Waals surface area contributed by atoms with E-state index < -0.39 is 13.7 Å². The van der Waals surface area contributed by atoms with Crippen molar-refractivity contribution in [1.82, 2.24) is 14.5 Å². The third kappa shape index (κ3) is 7.33.